The molecule has 1 amide bonds. The minimum absolute atomic E-state index is 0.0444. The molecule has 1 aromatic rings. The van der Waals surface area contributed by atoms with Gasteiger partial charge in [-0.1, -0.05) is 43.0 Å². The summed E-state index contributed by atoms with van der Waals surface area (Å²) in [6.45, 7) is 2.11. The van der Waals surface area contributed by atoms with E-state index in [1.54, 1.807) is 7.41 Å². The second-order valence-electron chi connectivity index (χ2n) is 3.35. The average Bonchev–Trinajstić information content (AvgIpc) is 2.27. The minimum Gasteiger partial charge on any atom is -0.398 e. The zero-order valence-corrected chi connectivity index (χ0v) is 8.99. The number of amides is 1. The predicted octanol–water partition coefficient (Wildman–Crippen LogP) is 0.587. The van der Waals surface area contributed by atoms with Crippen LogP contribution in [0.25, 0.3) is 0 Å². The maximum Gasteiger partial charge on any atom is 0.284 e. The van der Waals surface area contributed by atoms with Crippen LogP contribution >= 0.6 is 0 Å². The van der Waals surface area contributed by atoms with Gasteiger partial charge in [-0.05, 0) is 12.0 Å². The average molecular weight is 198 g/mol. The minimum atomic E-state index is -0.0444. The lowest BCUT2D eigenvalue weighted by atomic mass is 9.82. The van der Waals surface area contributed by atoms with Crippen LogP contribution in [0.15, 0.2) is 24.3 Å². The van der Waals surface area contributed by atoms with Crippen molar-refractivity contribution in [2.45, 2.75) is 26.1 Å². The van der Waals surface area contributed by atoms with E-state index in [0.717, 1.165) is 11.9 Å². The summed E-state index contributed by atoms with van der Waals surface area (Å²) in [5, 5.41) is 2.69. The molecular weight excluding hydrogens is 184 g/mol. The normalized spacial score (nSPS) is 9.67. The first-order valence-corrected chi connectivity index (χ1v) is 5.18. The summed E-state index contributed by atoms with van der Waals surface area (Å²) in [6, 6.07) is 8.09. The molecule has 0 bridgehead atoms. The van der Waals surface area contributed by atoms with Crippen LogP contribution in [0.2, 0.25) is 6.32 Å². The fourth-order valence-corrected chi connectivity index (χ4v) is 1.22. The number of hydrogen-bond donors (Lipinski definition) is 1. The van der Waals surface area contributed by atoms with E-state index in [2.05, 4.69) is 24.3 Å². The van der Waals surface area contributed by atoms with Crippen molar-refractivity contribution in [1.82, 2.24) is 5.23 Å². The van der Waals surface area contributed by atoms with Gasteiger partial charge in [0.1, 0.15) is 0 Å². The Balaban J connectivity index is 2.40. The van der Waals surface area contributed by atoms with E-state index in [4.69, 9.17) is 7.85 Å². The molecule has 75 valence electrons. The molecule has 0 saturated carbocycles. The summed E-state index contributed by atoms with van der Waals surface area (Å²) in [5.41, 5.74) is 2.29. The second kappa shape index (κ2) is 6.33. The largest absolute Gasteiger partial charge is 0.398 e. The summed E-state index contributed by atoms with van der Waals surface area (Å²) in [4.78, 5) is 11.1. The van der Waals surface area contributed by atoms with Crippen molar-refractivity contribution in [3.63, 3.8) is 0 Å². The monoisotopic (exact) mass is 198 g/mol. The highest BCUT2D eigenvalue weighted by molar-refractivity contribution is 6.53. The Bertz CT molecular complexity index is 311. The van der Waals surface area contributed by atoms with Crippen molar-refractivity contribution in [3.05, 3.63) is 29.8 Å². The zero-order chi connectivity index (χ0) is 11.1. The molecule has 0 heterocycles. The van der Waals surface area contributed by atoms with Gasteiger partial charge in [0.25, 0.3) is 7.41 Å². The molecule has 0 fully saturated rings. The third kappa shape index (κ3) is 4.24. The van der Waals surface area contributed by atoms with E-state index in [9.17, 15) is 4.79 Å². The van der Waals surface area contributed by atoms with Crippen LogP contribution in [-0.2, 0) is 11.2 Å². The number of aryl methyl sites for hydroxylation is 1. The molecule has 0 saturated heterocycles. The molecule has 0 aliphatic heterocycles. The summed E-state index contributed by atoms with van der Waals surface area (Å²) in [6.07, 6.45) is 1.78. The third-order valence-electron chi connectivity index (χ3n) is 2.16. The fraction of sp³-hybridized carbons (Fsp3) is 0.364. The molecule has 1 rings (SSSR count). The highest BCUT2D eigenvalue weighted by Gasteiger charge is 2.01. The topological polar surface area (TPSA) is 29.1 Å². The Hall–Kier alpha value is -1.18. The number of carbonyl (C=O) groups is 1. The molecule has 3 radical (unpaired) electrons. The first-order valence-electron chi connectivity index (χ1n) is 5.18. The smallest absolute Gasteiger partial charge is 0.284 e. The van der Waals surface area contributed by atoms with Gasteiger partial charge in [-0.2, -0.15) is 0 Å². The molecular formula is C11H14B2NO. The molecule has 0 spiro atoms. The van der Waals surface area contributed by atoms with E-state index < -0.39 is 0 Å². The Morgan fingerprint density at radius 3 is 2.60 bits per heavy atom. The Labute approximate surface area is 93.1 Å². The van der Waals surface area contributed by atoms with Crippen LogP contribution in [-0.4, -0.2) is 21.2 Å². The summed E-state index contributed by atoms with van der Waals surface area (Å²) >= 11 is 0. The summed E-state index contributed by atoms with van der Waals surface area (Å²) in [7, 11) is 6.97. The van der Waals surface area contributed by atoms with Gasteiger partial charge in [0.05, 0.1) is 7.85 Å². The van der Waals surface area contributed by atoms with Crippen LogP contribution in [0.1, 0.15) is 18.9 Å². The van der Waals surface area contributed by atoms with Gasteiger partial charge in [0.15, 0.2) is 0 Å². The van der Waals surface area contributed by atoms with Gasteiger partial charge in [0.2, 0.25) is 5.91 Å². The molecule has 2 nitrogen and oxygen atoms in total. The molecule has 0 aromatic heterocycles. The van der Waals surface area contributed by atoms with Crippen LogP contribution < -0.4 is 10.7 Å². The standard InChI is InChI=1S/C11H14B2NO/c1-2-9-3-5-10(6-4-9)13-14-11(15)7-8-12/h3-6H,2,7-8H2,1H3,(H,14,15). The molecule has 0 aliphatic rings. The zero-order valence-electron chi connectivity index (χ0n) is 8.99. The van der Waals surface area contributed by atoms with Gasteiger partial charge < -0.3 is 5.23 Å². The highest BCUT2D eigenvalue weighted by Crippen LogP contribution is 1.96. The van der Waals surface area contributed by atoms with Crippen LogP contribution in [0, 0.1) is 0 Å². The fourth-order valence-electron chi connectivity index (χ4n) is 1.22. The first-order chi connectivity index (χ1) is 7.26. The number of benzene rings is 1. The number of hydrogen-bond acceptors (Lipinski definition) is 1. The van der Waals surface area contributed by atoms with Crippen molar-refractivity contribution >= 4 is 26.6 Å². The summed E-state index contributed by atoms with van der Waals surface area (Å²) in [5.74, 6) is -0.0444. The molecule has 0 atom stereocenters. The second-order valence-corrected chi connectivity index (χ2v) is 3.35. The Morgan fingerprint density at radius 1 is 1.40 bits per heavy atom. The number of nitrogens with one attached hydrogen (secondary N) is 1. The van der Waals surface area contributed by atoms with Crippen LogP contribution in [0.5, 0.6) is 0 Å². The molecule has 1 N–H and O–H groups in total. The van der Waals surface area contributed by atoms with Gasteiger partial charge in [-0.3, -0.25) is 4.79 Å². The lowest BCUT2D eigenvalue weighted by molar-refractivity contribution is -0.119. The Morgan fingerprint density at radius 2 is 2.07 bits per heavy atom. The van der Waals surface area contributed by atoms with Gasteiger partial charge in [-0.25, -0.2) is 0 Å². The van der Waals surface area contributed by atoms with Crippen molar-refractivity contribution in [3.8, 4) is 0 Å². The van der Waals surface area contributed by atoms with Gasteiger partial charge in [-0.15, -0.1) is 0 Å². The molecule has 15 heavy (non-hydrogen) atoms. The van der Waals surface area contributed by atoms with E-state index in [1.807, 2.05) is 12.1 Å². The van der Waals surface area contributed by atoms with Crippen molar-refractivity contribution in [2.75, 3.05) is 0 Å². The Kier molecular flexibility index (Phi) is 5.02. The lowest BCUT2D eigenvalue weighted by Crippen LogP contribution is -2.35. The molecule has 0 aliphatic carbocycles. The van der Waals surface area contributed by atoms with Gasteiger partial charge in [0, 0.05) is 6.42 Å². The van der Waals surface area contributed by atoms with Crippen molar-refractivity contribution in [2.24, 2.45) is 0 Å². The van der Waals surface area contributed by atoms with E-state index in [1.165, 1.54) is 5.56 Å². The first kappa shape index (κ1) is 11.9. The van der Waals surface area contributed by atoms with E-state index in [0.29, 0.717) is 12.7 Å². The van der Waals surface area contributed by atoms with Gasteiger partial charge >= 0.3 is 0 Å². The molecule has 4 heteroatoms. The number of rotatable bonds is 5. The predicted molar refractivity (Wildman–Crippen MR) is 64.5 cm³/mol. The van der Waals surface area contributed by atoms with Crippen LogP contribution in [0.3, 0.4) is 0 Å². The third-order valence-corrected chi connectivity index (χ3v) is 2.16. The molecule has 1 aromatic carbocycles. The maximum atomic E-state index is 11.1. The maximum absolute atomic E-state index is 11.1. The van der Waals surface area contributed by atoms with E-state index >= 15 is 0 Å². The lowest BCUT2D eigenvalue weighted by Gasteiger charge is -2.03. The quantitative estimate of drug-likeness (QED) is 0.689. The highest BCUT2D eigenvalue weighted by atomic mass is 16.1. The number of carbonyl (C=O) groups excluding carboxylic acids is 1. The van der Waals surface area contributed by atoms with Crippen LogP contribution in [0.4, 0.5) is 0 Å². The summed E-state index contributed by atoms with van der Waals surface area (Å²) < 4.78 is 0. The van der Waals surface area contributed by atoms with E-state index in [-0.39, 0.29) is 5.91 Å². The van der Waals surface area contributed by atoms with Crippen molar-refractivity contribution in [1.29, 1.82) is 0 Å². The van der Waals surface area contributed by atoms with Crippen molar-refractivity contribution < 1.29 is 4.79 Å². The molecule has 0 unspecified atom stereocenters. The SMILES string of the molecule is [B]CCC(=O)N[B]c1ccc(CC)cc1.